The minimum Gasteiger partial charge on any atom is -0.397 e. The number of hydrogen-bond acceptors (Lipinski definition) is 3. The molecule has 0 bridgehead atoms. The Labute approximate surface area is 115 Å². The van der Waals surface area contributed by atoms with Gasteiger partial charge in [-0.15, -0.1) is 0 Å². The summed E-state index contributed by atoms with van der Waals surface area (Å²) in [7, 11) is 0. The van der Waals surface area contributed by atoms with Crippen molar-refractivity contribution in [2.45, 2.75) is 6.92 Å². The standard InChI is InChI=1S/C12H17FIN3/c1-2-16-3-5-17(6-4-16)12-7-9(13)10(14)8-11(12)15/h7-8H,2-6,15H2,1H3. The van der Waals surface area contributed by atoms with Gasteiger partial charge in [0.2, 0.25) is 0 Å². The minimum absolute atomic E-state index is 0.187. The summed E-state index contributed by atoms with van der Waals surface area (Å²) in [6, 6.07) is 3.26. The van der Waals surface area contributed by atoms with Crippen LogP contribution in [0.2, 0.25) is 0 Å². The third kappa shape index (κ3) is 2.82. The summed E-state index contributed by atoms with van der Waals surface area (Å²) in [5.74, 6) is -0.187. The lowest BCUT2D eigenvalue weighted by Crippen LogP contribution is -2.46. The Morgan fingerprint density at radius 3 is 2.53 bits per heavy atom. The van der Waals surface area contributed by atoms with Gasteiger partial charge in [0.05, 0.1) is 14.9 Å². The zero-order valence-corrected chi connectivity index (χ0v) is 12.1. The summed E-state index contributed by atoms with van der Waals surface area (Å²) in [6.45, 7) is 7.10. The Morgan fingerprint density at radius 1 is 1.29 bits per heavy atom. The first-order chi connectivity index (χ1) is 8.11. The molecule has 1 aliphatic rings. The predicted octanol–water partition coefficient (Wildman–Crippen LogP) is 2.15. The first-order valence-corrected chi connectivity index (χ1v) is 6.91. The summed E-state index contributed by atoms with van der Waals surface area (Å²) >= 11 is 1.96. The second-order valence-corrected chi connectivity index (χ2v) is 5.41. The molecule has 0 aromatic heterocycles. The molecule has 94 valence electrons. The van der Waals surface area contributed by atoms with Gasteiger partial charge in [-0.3, -0.25) is 0 Å². The fraction of sp³-hybridized carbons (Fsp3) is 0.500. The van der Waals surface area contributed by atoms with Crippen LogP contribution < -0.4 is 10.6 Å². The van der Waals surface area contributed by atoms with Crippen LogP contribution in [-0.2, 0) is 0 Å². The largest absolute Gasteiger partial charge is 0.397 e. The Morgan fingerprint density at radius 2 is 1.94 bits per heavy atom. The van der Waals surface area contributed by atoms with Crippen molar-refractivity contribution in [3.63, 3.8) is 0 Å². The number of anilines is 2. The summed E-state index contributed by atoms with van der Waals surface area (Å²) in [4.78, 5) is 4.55. The van der Waals surface area contributed by atoms with E-state index in [0.29, 0.717) is 9.26 Å². The van der Waals surface area contributed by atoms with Gasteiger partial charge in [-0.2, -0.15) is 0 Å². The first-order valence-electron chi connectivity index (χ1n) is 5.83. The van der Waals surface area contributed by atoms with Crippen LogP contribution in [0.1, 0.15) is 6.92 Å². The molecule has 1 aromatic rings. The van der Waals surface area contributed by atoms with Crippen LogP contribution >= 0.6 is 22.6 Å². The molecule has 1 heterocycles. The average molecular weight is 349 g/mol. The number of nitrogen functional groups attached to an aromatic ring is 1. The lowest BCUT2D eigenvalue weighted by atomic mass is 10.2. The molecule has 2 rings (SSSR count). The van der Waals surface area contributed by atoms with E-state index in [2.05, 4.69) is 16.7 Å². The van der Waals surface area contributed by atoms with Crippen LogP contribution in [0.3, 0.4) is 0 Å². The van der Waals surface area contributed by atoms with Crippen molar-refractivity contribution < 1.29 is 4.39 Å². The molecule has 2 N–H and O–H groups in total. The fourth-order valence-electron chi connectivity index (χ4n) is 2.13. The van der Waals surface area contributed by atoms with E-state index >= 15 is 0 Å². The third-order valence-electron chi connectivity index (χ3n) is 3.23. The van der Waals surface area contributed by atoms with Crippen LogP contribution in [0.5, 0.6) is 0 Å². The maximum absolute atomic E-state index is 13.6. The smallest absolute Gasteiger partial charge is 0.138 e. The molecule has 1 aromatic carbocycles. The topological polar surface area (TPSA) is 32.5 Å². The Bertz CT molecular complexity index is 403. The molecule has 0 amide bonds. The number of halogens is 2. The van der Waals surface area contributed by atoms with E-state index in [1.165, 1.54) is 0 Å². The second-order valence-electron chi connectivity index (χ2n) is 4.25. The number of benzene rings is 1. The third-order valence-corrected chi connectivity index (χ3v) is 4.06. The first kappa shape index (κ1) is 12.9. The quantitative estimate of drug-likeness (QED) is 0.656. The minimum atomic E-state index is -0.187. The number of nitrogens with zero attached hydrogens (tertiary/aromatic N) is 2. The Kier molecular flexibility index (Phi) is 4.09. The highest BCUT2D eigenvalue weighted by atomic mass is 127. The van der Waals surface area contributed by atoms with Crippen molar-refractivity contribution in [3.8, 4) is 0 Å². The van der Waals surface area contributed by atoms with Crippen molar-refractivity contribution >= 4 is 34.0 Å². The van der Waals surface area contributed by atoms with E-state index in [4.69, 9.17) is 5.73 Å². The number of nitrogens with two attached hydrogens (primary N) is 1. The zero-order chi connectivity index (χ0) is 12.4. The molecular formula is C12H17FIN3. The maximum Gasteiger partial charge on any atom is 0.138 e. The molecule has 1 fully saturated rings. The summed E-state index contributed by atoms with van der Waals surface area (Å²) < 4.78 is 14.1. The lowest BCUT2D eigenvalue weighted by Gasteiger charge is -2.36. The summed E-state index contributed by atoms with van der Waals surface area (Å²) in [5, 5.41) is 0. The van der Waals surface area contributed by atoms with Gasteiger partial charge in [0.15, 0.2) is 0 Å². The summed E-state index contributed by atoms with van der Waals surface area (Å²) in [5.41, 5.74) is 7.46. The molecule has 1 aliphatic heterocycles. The van der Waals surface area contributed by atoms with E-state index in [9.17, 15) is 4.39 Å². The number of piperazine rings is 1. The molecule has 0 unspecified atom stereocenters. The molecule has 0 atom stereocenters. The summed E-state index contributed by atoms with van der Waals surface area (Å²) in [6.07, 6.45) is 0. The predicted molar refractivity (Wildman–Crippen MR) is 77.9 cm³/mol. The van der Waals surface area contributed by atoms with Crippen molar-refractivity contribution in [2.24, 2.45) is 0 Å². The molecular weight excluding hydrogens is 332 g/mol. The highest BCUT2D eigenvalue weighted by Crippen LogP contribution is 2.28. The molecule has 17 heavy (non-hydrogen) atoms. The highest BCUT2D eigenvalue weighted by molar-refractivity contribution is 14.1. The van der Waals surface area contributed by atoms with Crippen LogP contribution in [-0.4, -0.2) is 37.6 Å². The van der Waals surface area contributed by atoms with Crippen molar-refractivity contribution in [2.75, 3.05) is 43.4 Å². The van der Waals surface area contributed by atoms with Crippen LogP contribution in [0, 0.1) is 9.39 Å². The van der Waals surface area contributed by atoms with E-state index in [0.717, 1.165) is 38.4 Å². The molecule has 0 spiro atoms. The second kappa shape index (κ2) is 5.39. The lowest BCUT2D eigenvalue weighted by molar-refractivity contribution is 0.271. The number of likely N-dealkylation sites (N-methyl/N-ethyl adjacent to an activating group) is 1. The molecule has 0 radical (unpaired) electrons. The number of hydrogen-bond donors (Lipinski definition) is 1. The molecule has 0 aliphatic carbocycles. The zero-order valence-electron chi connectivity index (χ0n) is 9.92. The Hall–Kier alpha value is -0.560. The van der Waals surface area contributed by atoms with E-state index in [1.54, 1.807) is 12.1 Å². The van der Waals surface area contributed by atoms with Crippen LogP contribution in [0.4, 0.5) is 15.8 Å². The molecule has 5 heteroatoms. The Balaban J connectivity index is 2.16. The highest BCUT2D eigenvalue weighted by Gasteiger charge is 2.18. The van der Waals surface area contributed by atoms with E-state index < -0.39 is 0 Å². The van der Waals surface area contributed by atoms with Gasteiger partial charge < -0.3 is 15.5 Å². The van der Waals surface area contributed by atoms with Gasteiger partial charge >= 0.3 is 0 Å². The van der Waals surface area contributed by atoms with Crippen molar-refractivity contribution in [1.29, 1.82) is 0 Å². The van der Waals surface area contributed by atoms with Crippen LogP contribution in [0.25, 0.3) is 0 Å². The van der Waals surface area contributed by atoms with Crippen LogP contribution in [0.15, 0.2) is 12.1 Å². The fourth-order valence-corrected chi connectivity index (χ4v) is 2.62. The van der Waals surface area contributed by atoms with E-state index in [-0.39, 0.29) is 5.82 Å². The maximum atomic E-state index is 13.6. The van der Waals surface area contributed by atoms with Gasteiger partial charge in [-0.1, -0.05) is 6.92 Å². The molecule has 0 saturated carbocycles. The van der Waals surface area contributed by atoms with Gasteiger partial charge in [0.25, 0.3) is 0 Å². The van der Waals surface area contributed by atoms with E-state index in [1.807, 2.05) is 22.6 Å². The van der Waals surface area contributed by atoms with Crippen molar-refractivity contribution in [3.05, 3.63) is 21.5 Å². The van der Waals surface area contributed by atoms with Gasteiger partial charge in [0, 0.05) is 32.2 Å². The van der Waals surface area contributed by atoms with Crippen molar-refractivity contribution in [1.82, 2.24) is 4.90 Å². The molecule has 3 nitrogen and oxygen atoms in total. The monoisotopic (exact) mass is 349 g/mol. The van der Waals surface area contributed by atoms with Gasteiger partial charge in [-0.25, -0.2) is 4.39 Å². The molecule has 1 saturated heterocycles. The number of rotatable bonds is 2. The normalized spacial score (nSPS) is 17.5. The van der Waals surface area contributed by atoms with Gasteiger partial charge in [-0.05, 0) is 35.2 Å². The SMILES string of the molecule is CCN1CCN(c2cc(F)c(I)cc2N)CC1. The average Bonchev–Trinajstić information content (AvgIpc) is 2.34. The van der Waals surface area contributed by atoms with Gasteiger partial charge in [0.1, 0.15) is 5.82 Å².